The highest BCUT2D eigenvalue weighted by Gasteiger charge is 2.23. The third-order valence-electron chi connectivity index (χ3n) is 4.10. The van der Waals surface area contributed by atoms with Gasteiger partial charge in [-0.25, -0.2) is 4.98 Å². The Balaban J connectivity index is 1.70. The molecule has 0 bridgehead atoms. The van der Waals surface area contributed by atoms with E-state index in [-0.39, 0.29) is 0 Å². The molecule has 2 N–H and O–H groups in total. The first-order valence-electron chi connectivity index (χ1n) is 7.13. The van der Waals surface area contributed by atoms with Crippen LogP contribution in [0.4, 0.5) is 5.82 Å². The lowest BCUT2D eigenvalue weighted by Crippen LogP contribution is -2.34. The Bertz CT molecular complexity index is 577. The average molecular weight is 271 g/mol. The maximum atomic E-state index is 5.94. The van der Waals surface area contributed by atoms with Crippen LogP contribution < -0.4 is 5.73 Å². The smallest absolute Gasteiger partial charge is 0.127 e. The minimum atomic E-state index is 0.564. The Morgan fingerprint density at radius 3 is 3.00 bits per heavy atom. The fourth-order valence-corrected chi connectivity index (χ4v) is 3.05. The molecule has 0 amide bonds. The molecule has 5 nitrogen and oxygen atoms in total. The van der Waals surface area contributed by atoms with Crippen LogP contribution in [0.3, 0.4) is 0 Å². The number of nitrogens with two attached hydrogens (primary N) is 1. The van der Waals surface area contributed by atoms with Crippen molar-refractivity contribution in [3.63, 3.8) is 0 Å². The van der Waals surface area contributed by atoms with Crippen LogP contribution in [0.1, 0.15) is 30.0 Å². The zero-order valence-corrected chi connectivity index (χ0v) is 11.9. The van der Waals surface area contributed by atoms with Gasteiger partial charge in [0.25, 0.3) is 0 Å². The third-order valence-corrected chi connectivity index (χ3v) is 4.10. The van der Waals surface area contributed by atoms with E-state index in [1.165, 1.54) is 18.5 Å². The van der Waals surface area contributed by atoms with Crippen molar-refractivity contribution in [2.75, 3.05) is 18.8 Å². The highest BCUT2D eigenvalue weighted by molar-refractivity contribution is 5.38. The van der Waals surface area contributed by atoms with E-state index in [9.17, 15) is 0 Å². The molecule has 0 saturated carbocycles. The van der Waals surface area contributed by atoms with Crippen molar-refractivity contribution in [1.82, 2.24) is 19.7 Å². The van der Waals surface area contributed by atoms with Gasteiger partial charge in [-0.1, -0.05) is 6.07 Å². The molecule has 1 saturated heterocycles. The van der Waals surface area contributed by atoms with Crippen molar-refractivity contribution in [3.8, 4) is 0 Å². The number of pyridine rings is 1. The van der Waals surface area contributed by atoms with Crippen molar-refractivity contribution in [1.29, 1.82) is 0 Å². The Morgan fingerprint density at radius 2 is 2.25 bits per heavy atom. The number of aryl methyl sites for hydroxylation is 1. The van der Waals surface area contributed by atoms with Gasteiger partial charge in [0.05, 0.1) is 0 Å². The second-order valence-corrected chi connectivity index (χ2v) is 5.50. The molecule has 3 rings (SSSR count). The lowest BCUT2D eigenvalue weighted by Gasteiger charge is -2.32. The lowest BCUT2D eigenvalue weighted by molar-refractivity contribution is 0.196. The topological polar surface area (TPSA) is 60.0 Å². The summed E-state index contributed by atoms with van der Waals surface area (Å²) in [7, 11) is 2.02. The van der Waals surface area contributed by atoms with E-state index in [2.05, 4.69) is 27.1 Å². The SMILES string of the molecule is Cn1nccc1C1CCCN(Cc2cccnc2N)C1. The second kappa shape index (κ2) is 5.63. The van der Waals surface area contributed by atoms with Gasteiger partial charge in [-0.3, -0.25) is 9.58 Å². The van der Waals surface area contributed by atoms with E-state index in [1.807, 2.05) is 24.0 Å². The number of anilines is 1. The first-order chi connectivity index (χ1) is 9.74. The standard InChI is InChI=1S/C15H21N5/c1-19-14(6-8-18-19)12-5-3-9-20(10-12)11-13-4-2-7-17-15(13)16/h2,4,6-8,12H,3,5,9-11H2,1H3,(H2,16,17). The summed E-state index contributed by atoms with van der Waals surface area (Å²) in [6.45, 7) is 3.07. The number of hydrogen-bond donors (Lipinski definition) is 1. The second-order valence-electron chi connectivity index (χ2n) is 5.50. The number of piperidine rings is 1. The maximum Gasteiger partial charge on any atom is 0.127 e. The molecule has 0 radical (unpaired) electrons. The first-order valence-corrected chi connectivity index (χ1v) is 7.13. The van der Waals surface area contributed by atoms with Crippen LogP contribution in [-0.2, 0) is 13.6 Å². The molecule has 1 atom stereocenters. The highest BCUT2D eigenvalue weighted by Crippen LogP contribution is 2.27. The number of nitrogens with zero attached hydrogens (tertiary/aromatic N) is 4. The van der Waals surface area contributed by atoms with E-state index in [0.717, 1.165) is 25.2 Å². The van der Waals surface area contributed by atoms with Gasteiger partial charge in [-0.05, 0) is 31.5 Å². The molecule has 0 aromatic carbocycles. The van der Waals surface area contributed by atoms with Crippen molar-refractivity contribution >= 4 is 5.82 Å². The molecule has 2 aromatic heterocycles. The minimum absolute atomic E-state index is 0.564. The van der Waals surface area contributed by atoms with Crippen molar-refractivity contribution in [2.24, 2.45) is 7.05 Å². The van der Waals surface area contributed by atoms with Gasteiger partial charge in [0, 0.05) is 49.7 Å². The zero-order chi connectivity index (χ0) is 13.9. The van der Waals surface area contributed by atoms with Crippen LogP contribution in [0.25, 0.3) is 0 Å². The molecule has 20 heavy (non-hydrogen) atoms. The largest absolute Gasteiger partial charge is 0.383 e. The maximum absolute atomic E-state index is 5.94. The molecule has 3 heterocycles. The minimum Gasteiger partial charge on any atom is -0.383 e. The van der Waals surface area contributed by atoms with E-state index in [4.69, 9.17) is 5.73 Å². The number of likely N-dealkylation sites (tertiary alicyclic amines) is 1. The lowest BCUT2D eigenvalue weighted by atomic mass is 9.94. The molecular weight excluding hydrogens is 250 g/mol. The van der Waals surface area contributed by atoms with Gasteiger partial charge in [-0.15, -0.1) is 0 Å². The quantitative estimate of drug-likeness (QED) is 0.924. The van der Waals surface area contributed by atoms with Crippen molar-refractivity contribution in [2.45, 2.75) is 25.3 Å². The third kappa shape index (κ3) is 2.67. The molecule has 2 aromatic rings. The fraction of sp³-hybridized carbons (Fsp3) is 0.467. The molecule has 106 valence electrons. The summed E-state index contributed by atoms with van der Waals surface area (Å²) < 4.78 is 1.99. The number of nitrogen functional groups attached to an aromatic ring is 1. The molecular formula is C15H21N5. The number of hydrogen-bond acceptors (Lipinski definition) is 4. The van der Waals surface area contributed by atoms with E-state index in [0.29, 0.717) is 11.7 Å². The normalized spacial score (nSPS) is 20.1. The van der Waals surface area contributed by atoms with Crippen LogP contribution >= 0.6 is 0 Å². The van der Waals surface area contributed by atoms with Gasteiger partial charge >= 0.3 is 0 Å². The van der Waals surface area contributed by atoms with E-state index >= 15 is 0 Å². The predicted molar refractivity (Wildman–Crippen MR) is 79.1 cm³/mol. The van der Waals surface area contributed by atoms with E-state index < -0.39 is 0 Å². The molecule has 1 fully saturated rings. The summed E-state index contributed by atoms with van der Waals surface area (Å²) in [5.41, 5.74) is 8.39. The Labute approximate surface area is 119 Å². The van der Waals surface area contributed by atoms with Gasteiger partial charge in [-0.2, -0.15) is 5.10 Å². The Hall–Kier alpha value is -1.88. The van der Waals surface area contributed by atoms with Gasteiger partial charge < -0.3 is 5.73 Å². The van der Waals surface area contributed by atoms with Crippen molar-refractivity contribution < 1.29 is 0 Å². The first kappa shape index (κ1) is 13.1. The van der Waals surface area contributed by atoms with Crippen LogP contribution in [0.2, 0.25) is 0 Å². The van der Waals surface area contributed by atoms with Crippen LogP contribution in [0.5, 0.6) is 0 Å². The molecule has 5 heteroatoms. The molecule has 1 unspecified atom stereocenters. The van der Waals surface area contributed by atoms with Crippen LogP contribution in [-0.4, -0.2) is 32.8 Å². The summed E-state index contributed by atoms with van der Waals surface area (Å²) in [6.07, 6.45) is 6.08. The average Bonchev–Trinajstić information content (AvgIpc) is 2.88. The summed E-state index contributed by atoms with van der Waals surface area (Å²) >= 11 is 0. The summed E-state index contributed by atoms with van der Waals surface area (Å²) in [5, 5.41) is 4.28. The monoisotopic (exact) mass is 271 g/mol. The molecule has 1 aliphatic rings. The molecule has 1 aliphatic heterocycles. The molecule has 0 spiro atoms. The van der Waals surface area contributed by atoms with Crippen LogP contribution in [0, 0.1) is 0 Å². The zero-order valence-electron chi connectivity index (χ0n) is 11.9. The summed E-state index contributed by atoms with van der Waals surface area (Å²) in [6, 6.07) is 6.15. The van der Waals surface area contributed by atoms with Crippen LogP contribution in [0.15, 0.2) is 30.6 Å². The summed E-state index contributed by atoms with van der Waals surface area (Å²) in [5.74, 6) is 1.21. The van der Waals surface area contributed by atoms with E-state index in [1.54, 1.807) is 6.20 Å². The summed E-state index contributed by atoms with van der Waals surface area (Å²) in [4.78, 5) is 6.63. The predicted octanol–water partition coefficient (Wildman–Crippen LogP) is 1.78. The van der Waals surface area contributed by atoms with Gasteiger partial charge in [0.15, 0.2) is 0 Å². The van der Waals surface area contributed by atoms with Crippen molar-refractivity contribution in [3.05, 3.63) is 41.9 Å². The molecule has 0 aliphatic carbocycles. The Morgan fingerprint density at radius 1 is 1.35 bits per heavy atom. The highest BCUT2D eigenvalue weighted by atomic mass is 15.3. The van der Waals surface area contributed by atoms with Gasteiger partial charge in [0.1, 0.15) is 5.82 Å². The fourth-order valence-electron chi connectivity index (χ4n) is 3.05. The van der Waals surface area contributed by atoms with Gasteiger partial charge in [0.2, 0.25) is 0 Å². The number of aromatic nitrogens is 3. The Kier molecular flexibility index (Phi) is 3.69. The number of rotatable bonds is 3.